The van der Waals surface area contributed by atoms with Crippen molar-refractivity contribution in [1.29, 1.82) is 0 Å². The number of carbonyl (C=O) groups is 1. The lowest BCUT2D eigenvalue weighted by Gasteiger charge is -2.27. The topological polar surface area (TPSA) is 173 Å². The molecule has 16 heavy (non-hydrogen) atoms. The molecule has 11 heteroatoms. The third-order valence-corrected chi connectivity index (χ3v) is 4.74. The van der Waals surface area contributed by atoms with Gasteiger partial charge in [-0.1, -0.05) is 0 Å². The number of aliphatic hydroxyl groups excluding tert-OH is 2. The predicted molar refractivity (Wildman–Crippen MR) is 50.8 cm³/mol. The van der Waals surface area contributed by atoms with Crippen LogP contribution in [0.2, 0.25) is 0 Å². The summed E-state index contributed by atoms with van der Waals surface area (Å²) in [6.45, 7) is -1.14. The molecule has 0 aromatic heterocycles. The molecule has 0 bridgehead atoms. The lowest BCUT2D eigenvalue weighted by Crippen LogP contribution is -2.40. The molecule has 0 rings (SSSR count). The molecule has 0 fully saturated rings. The van der Waals surface area contributed by atoms with E-state index >= 15 is 0 Å². The van der Waals surface area contributed by atoms with Gasteiger partial charge in [-0.25, -0.2) is 0 Å². The molecule has 0 radical (unpaired) electrons. The highest BCUT2D eigenvalue weighted by atomic mass is 31.2. The van der Waals surface area contributed by atoms with E-state index < -0.39 is 39.2 Å². The zero-order chi connectivity index (χ0) is 13.1. The van der Waals surface area contributed by atoms with Crippen LogP contribution < -0.4 is 0 Å². The highest BCUT2D eigenvalue weighted by Gasteiger charge is 2.49. The van der Waals surface area contributed by atoms with E-state index in [9.17, 15) is 13.9 Å². The van der Waals surface area contributed by atoms with E-state index in [4.69, 9.17) is 29.8 Å². The summed E-state index contributed by atoms with van der Waals surface area (Å²) in [5.74, 6) is 0. The van der Waals surface area contributed by atoms with Crippen molar-refractivity contribution in [3.8, 4) is 0 Å². The smallest absolute Gasteiger partial charge is 0.336 e. The van der Waals surface area contributed by atoms with E-state index in [2.05, 4.69) is 0 Å². The maximum atomic E-state index is 10.9. The molecule has 0 unspecified atom stereocenters. The minimum atomic E-state index is -5.15. The first kappa shape index (κ1) is 15.9. The number of hydrogen-bond donors (Lipinski definition) is 6. The van der Waals surface area contributed by atoms with Crippen LogP contribution in [0, 0.1) is 0 Å². The van der Waals surface area contributed by atoms with Crippen LogP contribution >= 0.6 is 15.2 Å². The van der Waals surface area contributed by atoms with Crippen LogP contribution in [-0.2, 0) is 13.9 Å². The largest absolute Gasteiger partial charge is 0.394 e. The first-order chi connectivity index (χ1) is 7.05. The Morgan fingerprint density at radius 3 is 1.69 bits per heavy atom. The van der Waals surface area contributed by atoms with Crippen molar-refractivity contribution >= 4 is 21.5 Å². The summed E-state index contributed by atoms with van der Waals surface area (Å²) in [6.07, 6.45) is -2.45. The van der Waals surface area contributed by atoms with Gasteiger partial charge in [0.05, 0.1) is 12.7 Å². The average molecular weight is 278 g/mol. The predicted octanol–water partition coefficient (Wildman–Crippen LogP) is -2.37. The van der Waals surface area contributed by atoms with Crippen LogP contribution in [0.3, 0.4) is 0 Å². The third kappa shape index (κ3) is 4.04. The van der Waals surface area contributed by atoms with Crippen molar-refractivity contribution in [2.24, 2.45) is 0 Å². The van der Waals surface area contributed by atoms with Crippen molar-refractivity contribution in [1.82, 2.24) is 0 Å². The summed E-state index contributed by atoms with van der Waals surface area (Å²) in [6, 6.07) is 0. The van der Waals surface area contributed by atoms with Crippen molar-refractivity contribution in [3.63, 3.8) is 0 Å². The minimum Gasteiger partial charge on any atom is -0.394 e. The van der Waals surface area contributed by atoms with Gasteiger partial charge in [0.15, 0.2) is 0 Å². The second-order valence-corrected chi connectivity index (χ2v) is 6.59. The monoisotopic (exact) mass is 278 g/mol. The molecule has 0 aromatic rings. The molecule has 0 aliphatic carbocycles. The average Bonchev–Trinajstić information content (AvgIpc) is 2.08. The quantitative estimate of drug-likeness (QED) is 0.229. The first-order valence-corrected chi connectivity index (χ1v) is 7.26. The molecule has 0 saturated heterocycles. The molecule has 0 aliphatic heterocycles. The van der Waals surface area contributed by atoms with Crippen molar-refractivity contribution in [2.45, 2.75) is 17.4 Å². The van der Waals surface area contributed by atoms with Gasteiger partial charge in [-0.15, -0.1) is 0 Å². The Morgan fingerprint density at radius 2 is 1.50 bits per heavy atom. The molecule has 0 heterocycles. The zero-order valence-corrected chi connectivity index (χ0v) is 9.61. The normalized spacial score (nSPS) is 18.9. The number of aliphatic hydroxyl groups is 2. The van der Waals surface area contributed by atoms with Gasteiger partial charge in [-0.2, -0.15) is 0 Å². The van der Waals surface area contributed by atoms with Gasteiger partial charge >= 0.3 is 15.2 Å². The Labute approximate surface area is 90.1 Å². The fourth-order valence-electron chi connectivity index (χ4n) is 1.12. The van der Waals surface area contributed by atoms with E-state index in [0.29, 0.717) is 0 Å². The fraction of sp³-hybridized carbons (Fsp3) is 0.800. The number of aldehydes is 1. The summed E-state index contributed by atoms with van der Waals surface area (Å²) >= 11 is 0. The maximum absolute atomic E-state index is 10.9. The SMILES string of the molecule is O=C[C@@H]([C@@H]([C@H](O)CO)P(=O)(O)O)P(=O)(O)O. The Balaban J connectivity index is 5.42. The van der Waals surface area contributed by atoms with Crippen molar-refractivity contribution < 1.29 is 43.7 Å². The van der Waals surface area contributed by atoms with E-state index in [0.717, 1.165) is 0 Å². The third-order valence-electron chi connectivity index (χ3n) is 1.85. The summed E-state index contributed by atoms with van der Waals surface area (Å²) in [7, 11) is -10.3. The van der Waals surface area contributed by atoms with Gasteiger partial charge in [-0.05, 0) is 0 Å². The summed E-state index contributed by atoms with van der Waals surface area (Å²) < 4.78 is 21.7. The molecule has 0 saturated carbocycles. The Bertz CT molecular complexity index is 329. The first-order valence-electron chi connectivity index (χ1n) is 3.90. The van der Waals surface area contributed by atoms with Crippen molar-refractivity contribution in [3.05, 3.63) is 0 Å². The van der Waals surface area contributed by atoms with Crippen LogP contribution in [0.1, 0.15) is 0 Å². The van der Waals surface area contributed by atoms with E-state index in [1.54, 1.807) is 0 Å². The molecule has 0 amide bonds. The van der Waals surface area contributed by atoms with E-state index in [-0.39, 0.29) is 6.29 Å². The van der Waals surface area contributed by atoms with Crippen LogP contribution in [0.15, 0.2) is 0 Å². The maximum Gasteiger partial charge on any atom is 0.336 e. The van der Waals surface area contributed by atoms with Crippen LogP contribution in [-0.4, -0.2) is 60.1 Å². The van der Waals surface area contributed by atoms with Gasteiger partial charge in [0, 0.05) is 0 Å². The highest BCUT2D eigenvalue weighted by Crippen LogP contribution is 2.54. The summed E-state index contributed by atoms with van der Waals surface area (Å²) in [5.41, 5.74) is -4.70. The lowest BCUT2D eigenvalue weighted by molar-refractivity contribution is -0.108. The van der Waals surface area contributed by atoms with Crippen molar-refractivity contribution in [2.75, 3.05) is 6.61 Å². The Hall–Kier alpha value is -0.110. The van der Waals surface area contributed by atoms with Gasteiger partial charge < -0.3 is 34.6 Å². The van der Waals surface area contributed by atoms with Gasteiger partial charge in [0.2, 0.25) is 0 Å². The molecule has 0 aliphatic rings. The molecular weight excluding hydrogens is 266 g/mol. The molecule has 3 atom stereocenters. The molecular formula is C5H12O9P2. The molecule has 0 spiro atoms. The molecule has 96 valence electrons. The second-order valence-electron chi connectivity index (χ2n) is 3.05. The summed E-state index contributed by atoms with van der Waals surface area (Å²) in [4.78, 5) is 45.4. The fourth-order valence-corrected chi connectivity index (χ4v) is 3.93. The zero-order valence-electron chi connectivity index (χ0n) is 7.82. The highest BCUT2D eigenvalue weighted by molar-refractivity contribution is 7.58. The van der Waals surface area contributed by atoms with Crippen LogP contribution in [0.4, 0.5) is 0 Å². The molecule has 6 N–H and O–H groups in total. The minimum absolute atomic E-state index is 0.344. The van der Waals surface area contributed by atoms with Crippen LogP contribution in [0.25, 0.3) is 0 Å². The van der Waals surface area contributed by atoms with Crippen LogP contribution in [0.5, 0.6) is 0 Å². The molecule has 9 nitrogen and oxygen atoms in total. The Morgan fingerprint density at radius 1 is 1.06 bits per heavy atom. The van der Waals surface area contributed by atoms with Gasteiger partial charge in [0.1, 0.15) is 17.6 Å². The Kier molecular flexibility index (Phi) is 5.45. The number of carbonyl (C=O) groups excluding carboxylic acids is 1. The standard InChI is InChI=1S/C5H12O9P2/c6-1-3(8)5(16(12,13)14)4(2-7)15(9,10)11/h2-6,8H,1H2,(H2,9,10,11)(H2,12,13,14)/t3-,4+,5-/m1/s1. The van der Waals surface area contributed by atoms with Gasteiger partial charge in [-0.3, -0.25) is 9.13 Å². The van der Waals surface area contributed by atoms with Gasteiger partial charge in [0.25, 0.3) is 0 Å². The second kappa shape index (κ2) is 5.48. The van der Waals surface area contributed by atoms with E-state index in [1.807, 2.05) is 0 Å². The van der Waals surface area contributed by atoms with E-state index in [1.165, 1.54) is 0 Å². The molecule has 0 aromatic carbocycles. The number of hydrogen-bond acceptors (Lipinski definition) is 5. The summed E-state index contributed by atoms with van der Waals surface area (Å²) in [5, 5.41) is 17.6. The lowest BCUT2D eigenvalue weighted by atomic mass is 10.2. The number of rotatable bonds is 6.